The number of hydrogen-bond acceptors (Lipinski definition) is 7. The zero-order valence-electron chi connectivity index (χ0n) is 11.4. The van der Waals surface area contributed by atoms with Crippen molar-refractivity contribution in [2.75, 3.05) is 25.1 Å². The van der Waals surface area contributed by atoms with Crippen LogP contribution in [0.15, 0.2) is 23.1 Å². The summed E-state index contributed by atoms with van der Waals surface area (Å²) in [6.07, 6.45) is 7.32. The highest BCUT2D eigenvalue weighted by molar-refractivity contribution is 5.36. The van der Waals surface area contributed by atoms with E-state index in [1.54, 1.807) is 25.7 Å². The second-order valence-electron chi connectivity index (χ2n) is 4.83. The molecule has 1 saturated heterocycles. The Kier molecular flexibility index (Phi) is 3.87. The predicted octanol–water partition coefficient (Wildman–Crippen LogP) is 1.39. The molecule has 7 nitrogen and oxygen atoms in total. The highest BCUT2D eigenvalue weighted by atomic mass is 16.5. The Balaban J connectivity index is 1.71. The van der Waals surface area contributed by atoms with Crippen LogP contribution in [0.1, 0.15) is 30.5 Å². The van der Waals surface area contributed by atoms with Crippen LogP contribution in [0.5, 0.6) is 0 Å². The first kappa shape index (κ1) is 13.0. The molecule has 1 atom stereocenters. The van der Waals surface area contributed by atoms with Crippen LogP contribution in [0, 0.1) is 0 Å². The monoisotopic (exact) mass is 275 g/mol. The van der Waals surface area contributed by atoms with Crippen LogP contribution in [0.4, 0.5) is 5.82 Å². The second-order valence-corrected chi connectivity index (χ2v) is 4.83. The minimum absolute atomic E-state index is 0.264. The lowest BCUT2D eigenvalue weighted by Gasteiger charge is -2.31. The second kappa shape index (κ2) is 5.96. The van der Waals surface area contributed by atoms with Crippen LogP contribution >= 0.6 is 0 Å². The Hall–Kier alpha value is -2.02. The van der Waals surface area contributed by atoms with E-state index in [-0.39, 0.29) is 5.92 Å². The van der Waals surface area contributed by atoms with Crippen LogP contribution < -0.4 is 4.90 Å². The van der Waals surface area contributed by atoms with Crippen LogP contribution in [0.25, 0.3) is 0 Å². The minimum Gasteiger partial charge on any atom is -0.375 e. The molecule has 106 valence electrons. The standard InChI is InChI=1S/C13H17N5O2/c1-19-9-12-16-13(17-20-12)10-3-2-6-18(8-10)11-7-14-4-5-15-11/h4-5,7,10H,2-3,6,8-9H2,1H3/t10-/m1/s1. The number of methoxy groups -OCH3 is 1. The molecule has 7 heteroatoms. The Labute approximate surface area is 117 Å². The number of aromatic nitrogens is 4. The molecule has 2 aromatic heterocycles. The van der Waals surface area contributed by atoms with Crippen LogP contribution in [-0.2, 0) is 11.3 Å². The van der Waals surface area contributed by atoms with E-state index in [1.165, 1.54) is 0 Å². The topological polar surface area (TPSA) is 77.2 Å². The molecule has 0 unspecified atom stereocenters. The van der Waals surface area contributed by atoms with Gasteiger partial charge in [0, 0.05) is 38.5 Å². The van der Waals surface area contributed by atoms with Gasteiger partial charge in [0.2, 0.25) is 0 Å². The van der Waals surface area contributed by atoms with Gasteiger partial charge in [-0.1, -0.05) is 5.16 Å². The van der Waals surface area contributed by atoms with Crippen molar-refractivity contribution < 1.29 is 9.26 Å². The summed E-state index contributed by atoms with van der Waals surface area (Å²) in [6, 6.07) is 0. The third-order valence-electron chi connectivity index (χ3n) is 3.41. The summed E-state index contributed by atoms with van der Waals surface area (Å²) in [4.78, 5) is 15.1. The number of nitrogens with zero attached hydrogens (tertiary/aromatic N) is 5. The molecule has 0 amide bonds. The molecule has 0 radical (unpaired) electrons. The van der Waals surface area contributed by atoms with Gasteiger partial charge in [0.25, 0.3) is 5.89 Å². The first-order valence-corrected chi connectivity index (χ1v) is 6.69. The van der Waals surface area contributed by atoms with Gasteiger partial charge in [0.1, 0.15) is 12.4 Å². The summed E-state index contributed by atoms with van der Waals surface area (Å²) in [5, 5.41) is 4.06. The summed E-state index contributed by atoms with van der Waals surface area (Å²) in [6.45, 7) is 2.18. The van der Waals surface area contributed by atoms with Gasteiger partial charge in [0.15, 0.2) is 5.82 Å². The van der Waals surface area contributed by atoms with Crippen molar-refractivity contribution in [3.8, 4) is 0 Å². The van der Waals surface area contributed by atoms with Gasteiger partial charge in [-0.3, -0.25) is 4.98 Å². The molecular weight excluding hydrogens is 258 g/mol. The molecule has 0 bridgehead atoms. The van der Waals surface area contributed by atoms with Gasteiger partial charge in [0.05, 0.1) is 6.20 Å². The summed E-state index contributed by atoms with van der Waals surface area (Å²) in [7, 11) is 1.61. The van der Waals surface area contributed by atoms with Gasteiger partial charge < -0.3 is 14.2 Å². The average molecular weight is 275 g/mol. The average Bonchev–Trinajstić information content (AvgIpc) is 2.97. The van der Waals surface area contributed by atoms with Crippen molar-refractivity contribution in [2.45, 2.75) is 25.4 Å². The fraction of sp³-hybridized carbons (Fsp3) is 0.538. The van der Waals surface area contributed by atoms with E-state index >= 15 is 0 Å². The van der Waals surface area contributed by atoms with Crippen molar-refractivity contribution in [3.05, 3.63) is 30.3 Å². The first-order valence-electron chi connectivity index (χ1n) is 6.69. The molecule has 3 rings (SSSR count). The van der Waals surface area contributed by atoms with Crippen molar-refractivity contribution >= 4 is 5.82 Å². The highest BCUT2D eigenvalue weighted by Gasteiger charge is 2.26. The van der Waals surface area contributed by atoms with E-state index in [2.05, 4.69) is 25.0 Å². The molecule has 0 N–H and O–H groups in total. The van der Waals surface area contributed by atoms with Gasteiger partial charge in [-0.05, 0) is 12.8 Å². The fourth-order valence-corrected chi connectivity index (χ4v) is 2.47. The fourth-order valence-electron chi connectivity index (χ4n) is 2.47. The van der Waals surface area contributed by atoms with E-state index in [4.69, 9.17) is 9.26 Å². The van der Waals surface area contributed by atoms with E-state index in [0.717, 1.165) is 37.6 Å². The molecule has 20 heavy (non-hydrogen) atoms. The number of ether oxygens (including phenoxy) is 1. The first-order chi connectivity index (χ1) is 9.86. The van der Waals surface area contributed by atoms with E-state index in [1.807, 2.05) is 0 Å². The maximum Gasteiger partial charge on any atom is 0.252 e. The molecule has 3 heterocycles. The molecule has 0 aliphatic carbocycles. The van der Waals surface area contributed by atoms with Crippen molar-refractivity contribution in [1.82, 2.24) is 20.1 Å². The Bertz CT molecular complexity index is 545. The van der Waals surface area contributed by atoms with Gasteiger partial charge in [-0.15, -0.1) is 0 Å². The van der Waals surface area contributed by atoms with Crippen molar-refractivity contribution in [1.29, 1.82) is 0 Å². The van der Waals surface area contributed by atoms with Crippen LogP contribution in [0.3, 0.4) is 0 Å². The Morgan fingerprint density at radius 1 is 1.45 bits per heavy atom. The highest BCUT2D eigenvalue weighted by Crippen LogP contribution is 2.27. The van der Waals surface area contributed by atoms with E-state index in [9.17, 15) is 0 Å². The number of rotatable bonds is 4. The maximum atomic E-state index is 5.17. The molecule has 1 fully saturated rings. The molecule has 1 aliphatic heterocycles. The number of piperidine rings is 1. The molecule has 0 saturated carbocycles. The molecule has 0 spiro atoms. The number of hydrogen-bond donors (Lipinski definition) is 0. The smallest absolute Gasteiger partial charge is 0.252 e. The van der Waals surface area contributed by atoms with Crippen LogP contribution in [0.2, 0.25) is 0 Å². The summed E-state index contributed by atoms with van der Waals surface area (Å²) < 4.78 is 10.2. The van der Waals surface area contributed by atoms with Gasteiger partial charge in [-0.25, -0.2) is 4.98 Å². The van der Waals surface area contributed by atoms with E-state index < -0.39 is 0 Å². The zero-order valence-corrected chi connectivity index (χ0v) is 11.4. The normalized spacial score (nSPS) is 19.2. The van der Waals surface area contributed by atoms with E-state index in [0.29, 0.717) is 12.5 Å². The summed E-state index contributed by atoms with van der Waals surface area (Å²) >= 11 is 0. The molecule has 0 aromatic carbocycles. The lowest BCUT2D eigenvalue weighted by atomic mass is 9.97. The molecule has 1 aliphatic rings. The van der Waals surface area contributed by atoms with Gasteiger partial charge >= 0.3 is 0 Å². The zero-order chi connectivity index (χ0) is 13.8. The quantitative estimate of drug-likeness (QED) is 0.834. The lowest BCUT2D eigenvalue weighted by Crippen LogP contribution is -2.35. The third-order valence-corrected chi connectivity index (χ3v) is 3.41. The van der Waals surface area contributed by atoms with Crippen LogP contribution in [-0.4, -0.2) is 40.3 Å². The van der Waals surface area contributed by atoms with Crippen molar-refractivity contribution in [3.63, 3.8) is 0 Å². The maximum absolute atomic E-state index is 5.17. The Morgan fingerprint density at radius 3 is 3.20 bits per heavy atom. The lowest BCUT2D eigenvalue weighted by molar-refractivity contribution is 0.151. The Morgan fingerprint density at radius 2 is 2.40 bits per heavy atom. The summed E-state index contributed by atoms with van der Waals surface area (Å²) in [5.41, 5.74) is 0. The number of anilines is 1. The minimum atomic E-state index is 0.264. The predicted molar refractivity (Wildman–Crippen MR) is 71.2 cm³/mol. The SMILES string of the molecule is COCc1nc([C@@H]2CCCN(c3cnccn3)C2)no1. The largest absolute Gasteiger partial charge is 0.375 e. The summed E-state index contributed by atoms with van der Waals surface area (Å²) in [5.74, 6) is 2.45. The van der Waals surface area contributed by atoms with Gasteiger partial charge in [-0.2, -0.15) is 4.98 Å². The van der Waals surface area contributed by atoms with Crippen molar-refractivity contribution in [2.24, 2.45) is 0 Å². The third kappa shape index (κ3) is 2.77. The molecular formula is C13H17N5O2. The molecule has 2 aromatic rings.